The Morgan fingerprint density at radius 2 is 1.71 bits per heavy atom. The molecule has 1 atom stereocenters. The SMILES string of the molecule is CNCCC1CCN(C(=O)C2CCCN(C(=O)C(C)(C)C)C2)CC1. The van der Waals surface area contributed by atoms with Crippen molar-refractivity contribution >= 4 is 11.8 Å². The zero-order chi connectivity index (χ0) is 17.7. The van der Waals surface area contributed by atoms with Crippen molar-refractivity contribution < 1.29 is 9.59 Å². The van der Waals surface area contributed by atoms with Gasteiger partial charge in [-0.2, -0.15) is 0 Å². The van der Waals surface area contributed by atoms with Crippen LogP contribution in [0.5, 0.6) is 0 Å². The summed E-state index contributed by atoms with van der Waals surface area (Å²) in [4.78, 5) is 29.3. The fourth-order valence-corrected chi connectivity index (χ4v) is 3.89. The Labute approximate surface area is 147 Å². The van der Waals surface area contributed by atoms with E-state index in [1.807, 2.05) is 37.6 Å². The largest absolute Gasteiger partial charge is 0.342 e. The number of rotatable bonds is 4. The molecule has 5 heteroatoms. The lowest BCUT2D eigenvalue weighted by Gasteiger charge is -2.39. The molecule has 1 unspecified atom stereocenters. The highest BCUT2D eigenvalue weighted by atomic mass is 16.2. The lowest BCUT2D eigenvalue weighted by Crippen LogP contribution is -2.50. The summed E-state index contributed by atoms with van der Waals surface area (Å²) < 4.78 is 0. The van der Waals surface area contributed by atoms with Crippen LogP contribution in [0.4, 0.5) is 0 Å². The minimum atomic E-state index is -0.364. The maximum Gasteiger partial charge on any atom is 0.227 e. The van der Waals surface area contributed by atoms with Gasteiger partial charge in [0, 0.05) is 31.6 Å². The van der Waals surface area contributed by atoms with Crippen molar-refractivity contribution in [3.63, 3.8) is 0 Å². The van der Waals surface area contributed by atoms with Gasteiger partial charge in [-0.1, -0.05) is 20.8 Å². The number of carbonyl (C=O) groups is 2. The van der Waals surface area contributed by atoms with E-state index >= 15 is 0 Å². The van der Waals surface area contributed by atoms with Gasteiger partial charge in [-0.15, -0.1) is 0 Å². The third-order valence-electron chi connectivity index (χ3n) is 5.43. The van der Waals surface area contributed by atoms with Gasteiger partial charge < -0.3 is 15.1 Å². The predicted molar refractivity (Wildman–Crippen MR) is 96.6 cm³/mol. The molecule has 0 aromatic carbocycles. The minimum Gasteiger partial charge on any atom is -0.342 e. The number of carbonyl (C=O) groups excluding carboxylic acids is 2. The summed E-state index contributed by atoms with van der Waals surface area (Å²) in [6.45, 7) is 10.1. The van der Waals surface area contributed by atoms with E-state index in [9.17, 15) is 9.59 Å². The summed E-state index contributed by atoms with van der Waals surface area (Å²) in [5, 5.41) is 3.21. The van der Waals surface area contributed by atoms with Crippen molar-refractivity contribution in [3.05, 3.63) is 0 Å². The molecule has 24 heavy (non-hydrogen) atoms. The van der Waals surface area contributed by atoms with Crippen LogP contribution in [-0.2, 0) is 9.59 Å². The molecule has 138 valence electrons. The molecule has 0 radical (unpaired) electrons. The topological polar surface area (TPSA) is 52.7 Å². The van der Waals surface area contributed by atoms with Crippen LogP contribution < -0.4 is 5.32 Å². The molecule has 0 aromatic heterocycles. The molecule has 0 spiro atoms. The van der Waals surface area contributed by atoms with E-state index in [0.717, 1.165) is 57.8 Å². The first-order valence-corrected chi connectivity index (χ1v) is 9.55. The Balaban J connectivity index is 1.85. The van der Waals surface area contributed by atoms with E-state index < -0.39 is 0 Å². The number of amides is 2. The molecule has 0 aliphatic carbocycles. The van der Waals surface area contributed by atoms with E-state index in [-0.39, 0.29) is 23.1 Å². The maximum atomic E-state index is 12.9. The van der Waals surface area contributed by atoms with E-state index in [4.69, 9.17) is 0 Å². The van der Waals surface area contributed by atoms with Crippen LogP contribution in [0.25, 0.3) is 0 Å². The summed E-state index contributed by atoms with van der Waals surface area (Å²) in [6, 6.07) is 0. The highest BCUT2D eigenvalue weighted by Crippen LogP contribution is 2.27. The number of nitrogens with one attached hydrogen (secondary N) is 1. The van der Waals surface area contributed by atoms with Gasteiger partial charge in [0.25, 0.3) is 0 Å². The number of hydrogen-bond acceptors (Lipinski definition) is 3. The zero-order valence-corrected chi connectivity index (χ0v) is 15.9. The van der Waals surface area contributed by atoms with Gasteiger partial charge in [0.05, 0.1) is 5.92 Å². The molecule has 5 nitrogen and oxygen atoms in total. The van der Waals surface area contributed by atoms with Crippen LogP contribution in [0, 0.1) is 17.3 Å². The molecule has 2 fully saturated rings. The zero-order valence-electron chi connectivity index (χ0n) is 15.9. The second-order valence-corrected chi connectivity index (χ2v) is 8.50. The third-order valence-corrected chi connectivity index (χ3v) is 5.43. The van der Waals surface area contributed by atoms with E-state index in [2.05, 4.69) is 5.32 Å². The molecular weight excluding hydrogens is 302 g/mol. The summed E-state index contributed by atoms with van der Waals surface area (Å²) in [6.07, 6.45) is 5.30. The Morgan fingerprint density at radius 1 is 1.04 bits per heavy atom. The van der Waals surface area contributed by atoms with Gasteiger partial charge in [-0.25, -0.2) is 0 Å². The third kappa shape index (κ3) is 4.95. The highest BCUT2D eigenvalue weighted by molar-refractivity contribution is 5.84. The molecule has 2 amide bonds. The van der Waals surface area contributed by atoms with Gasteiger partial charge in [0.2, 0.25) is 11.8 Å². The van der Waals surface area contributed by atoms with Crippen molar-refractivity contribution in [2.75, 3.05) is 39.8 Å². The van der Waals surface area contributed by atoms with E-state index in [0.29, 0.717) is 6.54 Å². The van der Waals surface area contributed by atoms with Crippen molar-refractivity contribution in [3.8, 4) is 0 Å². The Hall–Kier alpha value is -1.10. The number of nitrogens with zero attached hydrogens (tertiary/aromatic N) is 2. The number of piperidine rings is 2. The normalized spacial score (nSPS) is 23.4. The van der Waals surface area contributed by atoms with Gasteiger partial charge in [-0.05, 0) is 51.6 Å². The monoisotopic (exact) mass is 337 g/mol. The van der Waals surface area contributed by atoms with E-state index in [1.54, 1.807) is 0 Å². The van der Waals surface area contributed by atoms with Crippen LogP contribution in [0.2, 0.25) is 0 Å². The summed E-state index contributed by atoms with van der Waals surface area (Å²) in [5.41, 5.74) is -0.364. The molecule has 2 rings (SSSR count). The average molecular weight is 338 g/mol. The molecule has 2 aliphatic heterocycles. The van der Waals surface area contributed by atoms with Crippen molar-refractivity contribution in [1.29, 1.82) is 0 Å². The van der Waals surface area contributed by atoms with Crippen LogP contribution >= 0.6 is 0 Å². The summed E-state index contributed by atoms with van der Waals surface area (Å²) in [7, 11) is 1.99. The second-order valence-electron chi connectivity index (χ2n) is 8.50. The van der Waals surface area contributed by atoms with Crippen LogP contribution in [-0.4, -0.2) is 61.4 Å². The molecule has 2 heterocycles. The summed E-state index contributed by atoms with van der Waals surface area (Å²) in [5.74, 6) is 1.19. The molecule has 2 saturated heterocycles. The van der Waals surface area contributed by atoms with Gasteiger partial charge >= 0.3 is 0 Å². The molecule has 0 aromatic rings. The Bertz CT molecular complexity index is 436. The van der Waals surface area contributed by atoms with Gasteiger partial charge in [0.1, 0.15) is 0 Å². The first kappa shape index (κ1) is 19.2. The van der Waals surface area contributed by atoms with Crippen LogP contribution in [0.15, 0.2) is 0 Å². The fourth-order valence-electron chi connectivity index (χ4n) is 3.89. The predicted octanol–water partition coefficient (Wildman–Crippen LogP) is 2.12. The van der Waals surface area contributed by atoms with Crippen molar-refractivity contribution in [2.45, 2.75) is 52.9 Å². The Kier molecular flexibility index (Phi) is 6.67. The molecule has 2 aliphatic rings. The minimum absolute atomic E-state index is 0.00101. The quantitative estimate of drug-likeness (QED) is 0.855. The van der Waals surface area contributed by atoms with Crippen LogP contribution in [0.3, 0.4) is 0 Å². The molecule has 1 N–H and O–H groups in total. The highest BCUT2D eigenvalue weighted by Gasteiger charge is 2.35. The Morgan fingerprint density at radius 3 is 2.29 bits per heavy atom. The summed E-state index contributed by atoms with van der Waals surface area (Å²) >= 11 is 0. The molecule has 0 saturated carbocycles. The standard InChI is InChI=1S/C19H35N3O2/c1-19(2,3)18(24)22-11-5-6-16(14-22)17(23)21-12-8-15(9-13-21)7-10-20-4/h15-16,20H,5-14H2,1-4H3. The van der Waals surface area contributed by atoms with Gasteiger partial charge in [-0.3, -0.25) is 9.59 Å². The van der Waals surface area contributed by atoms with Crippen LogP contribution in [0.1, 0.15) is 52.9 Å². The van der Waals surface area contributed by atoms with Crippen molar-refractivity contribution in [1.82, 2.24) is 15.1 Å². The van der Waals surface area contributed by atoms with Crippen molar-refractivity contribution in [2.24, 2.45) is 17.3 Å². The molecule has 0 bridgehead atoms. The average Bonchev–Trinajstić information content (AvgIpc) is 2.58. The first-order chi connectivity index (χ1) is 11.3. The van der Waals surface area contributed by atoms with E-state index in [1.165, 1.54) is 6.42 Å². The van der Waals surface area contributed by atoms with Gasteiger partial charge in [0.15, 0.2) is 0 Å². The fraction of sp³-hybridized carbons (Fsp3) is 0.895. The first-order valence-electron chi connectivity index (χ1n) is 9.55. The second kappa shape index (κ2) is 8.32. The number of likely N-dealkylation sites (tertiary alicyclic amines) is 2. The lowest BCUT2D eigenvalue weighted by molar-refractivity contribution is -0.145. The maximum absolute atomic E-state index is 12.9. The smallest absolute Gasteiger partial charge is 0.227 e. The number of hydrogen-bond donors (Lipinski definition) is 1. The molecular formula is C19H35N3O2. The lowest BCUT2D eigenvalue weighted by atomic mass is 9.89.